The van der Waals surface area contributed by atoms with Gasteiger partial charge >= 0.3 is 0 Å². The summed E-state index contributed by atoms with van der Waals surface area (Å²) in [4.78, 5) is 21.5. The van der Waals surface area contributed by atoms with Gasteiger partial charge in [-0.2, -0.15) is 0 Å². The average Bonchev–Trinajstić information content (AvgIpc) is 2.90. The third kappa shape index (κ3) is 2.76. The van der Waals surface area contributed by atoms with Crippen LogP contribution >= 0.6 is 0 Å². The number of hydrogen-bond acceptors (Lipinski definition) is 5. The van der Waals surface area contributed by atoms with Gasteiger partial charge in [-0.3, -0.25) is 9.78 Å². The van der Waals surface area contributed by atoms with Crippen LogP contribution < -0.4 is 5.32 Å². The highest BCUT2D eigenvalue weighted by Crippen LogP contribution is 2.12. The monoisotopic (exact) mass is 280 g/mol. The summed E-state index contributed by atoms with van der Waals surface area (Å²) in [6.45, 7) is 1.77. The molecule has 0 saturated heterocycles. The summed E-state index contributed by atoms with van der Waals surface area (Å²) in [5.41, 5.74) is 1.07. The van der Waals surface area contributed by atoms with Crippen LogP contribution in [-0.2, 0) is 0 Å². The van der Waals surface area contributed by atoms with E-state index in [4.69, 9.17) is 0 Å². The molecule has 0 atom stereocenters. The summed E-state index contributed by atoms with van der Waals surface area (Å²) >= 11 is 0. The molecule has 21 heavy (non-hydrogen) atoms. The minimum Gasteiger partial charge on any atom is -0.303 e. The zero-order chi connectivity index (χ0) is 14.7. The topological polar surface area (TPSA) is 85.6 Å². The Balaban J connectivity index is 1.84. The molecule has 0 unspecified atom stereocenters. The Morgan fingerprint density at radius 1 is 1.14 bits per heavy atom. The van der Waals surface area contributed by atoms with Crippen molar-refractivity contribution in [1.29, 1.82) is 0 Å². The van der Waals surface area contributed by atoms with Gasteiger partial charge in [0.2, 0.25) is 0 Å². The molecule has 0 aliphatic heterocycles. The van der Waals surface area contributed by atoms with Crippen molar-refractivity contribution in [2.24, 2.45) is 0 Å². The van der Waals surface area contributed by atoms with Crippen molar-refractivity contribution in [3.05, 3.63) is 60.2 Å². The fraction of sp³-hybridized carbons (Fsp3) is 0.0714. The largest absolute Gasteiger partial charge is 0.303 e. The minimum absolute atomic E-state index is 0.278. The van der Waals surface area contributed by atoms with Crippen molar-refractivity contribution in [3.8, 4) is 5.82 Å². The second-order valence-corrected chi connectivity index (χ2v) is 4.31. The fourth-order valence-electron chi connectivity index (χ4n) is 1.75. The number of amides is 1. The van der Waals surface area contributed by atoms with Crippen molar-refractivity contribution in [1.82, 2.24) is 25.0 Å². The molecule has 0 radical (unpaired) electrons. The van der Waals surface area contributed by atoms with Gasteiger partial charge in [0.05, 0.1) is 5.56 Å². The second-order valence-electron chi connectivity index (χ2n) is 4.31. The number of aryl methyl sites for hydroxylation is 1. The lowest BCUT2D eigenvalue weighted by atomic mass is 10.3. The predicted molar refractivity (Wildman–Crippen MR) is 76.1 cm³/mol. The molecular weight excluding hydrogens is 268 g/mol. The van der Waals surface area contributed by atoms with Gasteiger partial charge in [-0.15, -0.1) is 15.0 Å². The summed E-state index contributed by atoms with van der Waals surface area (Å²) in [7, 11) is 0. The van der Waals surface area contributed by atoms with E-state index in [2.05, 4.69) is 25.5 Å². The van der Waals surface area contributed by atoms with Crippen molar-refractivity contribution in [2.75, 3.05) is 5.32 Å². The van der Waals surface area contributed by atoms with Crippen LogP contribution in [0.4, 0.5) is 5.82 Å². The van der Waals surface area contributed by atoms with Gasteiger partial charge in [0.15, 0.2) is 11.6 Å². The van der Waals surface area contributed by atoms with Crippen LogP contribution in [0.1, 0.15) is 16.1 Å². The zero-order valence-electron chi connectivity index (χ0n) is 11.3. The Bertz CT molecular complexity index is 754. The lowest BCUT2D eigenvalue weighted by molar-refractivity contribution is 0.102. The SMILES string of the molecule is Cc1nn(-c2ccccn2)nc1NC(=O)c1cccnc1. The zero-order valence-corrected chi connectivity index (χ0v) is 11.3. The highest BCUT2D eigenvalue weighted by Gasteiger charge is 2.13. The van der Waals surface area contributed by atoms with Crippen LogP contribution in [0, 0.1) is 6.92 Å². The molecule has 0 spiro atoms. The number of rotatable bonds is 3. The summed E-state index contributed by atoms with van der Waals surface area (Å²) < 4.78 is 0. The number of pyridine rings is 2. The molecule has 0 aromatic carbocycles. The Morgan fingerprint density at radius 2 is 2.05 bits per heavy atom. The standard InChI is InChI=1S/C14H12N6O/c1-10-13(17-14(21)11-5-4-7-15-9-11)19-20(18-10)12-6-2-3-8-16-12/h2-9H,1H3,(H,17,19,21). The highest BCUT2D eigenvalue weighted by molar-refractivity contribution is 6.03. The third-order valence-corrected chi connectivity index (χ3v) is 2.79. The van der Waals surface area contributed by atoms with E-state index in [9.17, 15) is 4.79 Å². The first-order valence-electron chi connectivity index (χ1n) is 6.31. The molecule has 0 aliphatic carbocycles. The Kier molecular flexibility index (Phi) is 3.38. The first-order chi connectivity index (χ1) is 10.2. The molecule has 0 bridgehead atoms. The fourth-order valence-corrected chi connectivity index (χ4v) is 1.75. The van der Waals surface area contributed by atoms with Gasteiger partial charge in [0, 0.05) is 18.6 Å². The molecule has 7 nitrogen and oxygen atoms in total. The van der Waals surface area contributed by atoms with Crippen molar-refractivity contribution < 1.29 is 4.79 Å². The molecule has 3 heterocycles. The average molecular weight is 280 g/mol. The molecule has 0 aliphatic rings. The van der Waals surface area contributed by atoms with Gasteiger partial charge in [-0.1, -0.05) is 6.07 Å². The van der Waals surface area contributed by atoms with Crippen LogP contribution in [0.25, 0.3) is 5.82 Å². The normalized spacial score (nSPS) is 10.3. The number of carbonyl (C=O) groups excluding carboxylic acids is 1. The van der Waals surface area contributed by atoms with Crippen molar-refractivity contribution in [2.45, 2.75) is 6.92 Å². The maximum absolute atomic E-state index is 12.1. The number of nitrogens with zero attached hydrogens (tertiary/aromatic N) is 5. The third-order valence-electron chi connectivity index (χ3n) is 2.79. The molecule has 7 heteroatoms. The van der Waals surface area contributed by atoms with Gasteiger partial charge < -0.3 is 5.32 Å². The highest BCUT2D eigenvalue weighted by atomic mass is 16.1. The summed E-state index contributed by atoms with van der Waals surface area (Å²) in [5, 5.41) is 11.2. The van der Waals surface area contributed by atoms with Gasteiger partial charge in [-0.25, -0.2) is 4.98 Å². The smallest absolute Gasteiger partial charge is 0.258 e. The summed E-state index contributed by atoms with van der Waals surface area (Å²) in [6, 6.07) is 8.82. The van der Waals surface area contributed by atoms with E-state index in [1.165, 1.54) is 11.0 Å². The predicted octanol–water partition coefficient (Wildman–Crippen LogP) is 1.62. The maximum atomic E-state index is 12.1. The molecule has 3 aromatic rings. The van der Waals surface area contributed by atoms with Crippen LogP contribution in [0.3, 0.4) is 0 Å². The van der Waals surface area contributed by atoms with Gasteiger partial charge in [0.25, 0.3) is 5.91 Å². The Labute approximate surface area is 120 Å². The van der Waals surface area contributed by atoms with E-state index in [-0.39, 0.29) is 5.91 Å². The van der Waals surface area contributed by atoms with Crippen molar-refractivity contribution in [3.63, 3.8) is 0 Å². The first kappa shape index (κ1) is 12.9. The molecule has 1 amide bonds. The molecule has 3 rings (SSSR count). The van der Waals surface area contributed by atoms with Crippen LogP contribution in [0.5, 0.6) is 0 Å². The molecule has 104 valence electrons. The van der Waals surface area contributed by atoms with E-state index in [1.807, 2.05) is 12.1 Å². The number of aromatic nitrogens is 5. The molecule has 1 N–H and O–H groups in total. The van der Waals surface area contributed by atoms with E-state index in [1.54, 1.807) is 37.5 Å². The number of nitrogens with one attached hydrogen (secondary N) is 1. The van der Waals surface area contributed by atoms with Crippen LogP contribution in [-0.4, -0.2) is 30.9 Å². The summed E-state index contributed by atoms with van der Waals surface area (Å²) in [6.07, 6.45) is 4.76. The van der Waals surface area contributed by atoms with Crippen LogP contribution in [0.2, 0.25) is 0 Å². The minimum atomic E-state index is -0.278. The first-order valence-corrected chi connectivity index (χ1v) is 6.31. The van der Waals surface area contributed by atoms with E-state index >= 15 is 0 Å². The Hall–Kier alpha value is -3.09. The maximum Gasteiger partial charge on any atom is 0.258 e. The van der Waals surface area contributed by atoms with E-state index in [0.717, 1.165) is 0 Å². The van der Waals surface area contributed by atoms with Crippen molar-refractivity contribution >= 4 is 11.7 Å². The second kappa shape index (κ2) is 5.49. The quantitative estimate of drug-likeness (QED) is 0.788. The number of hydrogen-bond donors (Lipinski definition) is 1. The molecule has 0 fully saturated rings. The molecule has 3 aromatic heterocycles. The van der Waals surface area contributed by atoms with Gasteiger partial charge in [-0.05, 0) is 31.2 Å². The molecule has 0 saturated carbocycles. The van der Waals surface area contributed by atoms with E-state index < -0.39 is 0 Å². The number of anilines is 1. The van der Waals surface area contributed by atoms with E-state index in [0.29, 0.717) is 22.9 Å². The van der Waals surface area contributed by atoms with Crippen LogP contribution in [0.15, 0.2) is 48.9 Å². The Morgan fingerprint density at radius 3 is 2.76 bits per heavy atom. The summed E-state index contributed by atoms with van der Waals surface area (Å²) in [5.74, 6) is 0.705. The lowest BCUT2D eigenvalue weighted by Crippen LogP contribution is -2.13. The number of carbonyl (C=O) groups is 1. The lowest BCUT2D eigenvalue weighted by Gasteiger charge is -2.01. The van der Waals surface area contributed by atoms with Gasteiger partial charge in [0.1, 0.15) is 5.69 Å². The molecular formula is C14H12N6O.